The Balaban J connectivity index is 1.82. The zero-order valence-electron chi connectivity index (χ0n) is 24.0. The molecule has 1 heterocycles. The Kier molecular flexibility index (Phi) is 6.83. The van der Waals surface area contributed by atoms with Crippen molar-refractivity contribution in [2.45, 2.75) is 83.6 Å². The molecule has 0 aromatic heterocycles. The molecule has 1 saturated heterocycles. The Hall–Kier alpha value is -3.34. The Morgan fingerprint density at radius 2 is 1.68 bits per heavy atom. The molecule has 3 aliphatic carbocycles. The second kappa shape index (κ2) is 9.61. The number of hydrogen-bond donors (Lipinski definition) is 2. The van der Waals surface area contributed by atoms with Crippen LogP contribution in [-0.4, -0.2) is 76.1 Å². The number of carbonyl (C=O) groups excluding carboxylic acids is 4. The highest BCUT2D eigenvalue weighted by Crippen LogP contribution is 2.62. The van der Waals surface area contributed by atoms with Crippen LogP contribution < -0.4 is 0 Å². The molecule has 1 saturated carbocycles. The number of esters is 3. The van der Waals surface area contributed by atoms with Crippen LogP contribution in [0.4, 0.5) is 0 Å². The molecular formula is C31H36O10. The van der Waals surface area contributed by atoms with Gasteiger partial charge in [-0.05, 0) is 37.1 Å². The van der Waals surface area contributed by atoms with Gasteiger partial charge >= 0.3 is 17.9 Å². The SMILES string of the molecule is CC(=O)O[C@H]1C(=O)[C@]2(C)C=C[C@H]3OC[C@@]3(OC(C)=O)C2C(OC(=O)c2ccccc2)[C@]2(O)C[C@H](O)C(C)=C1C2(C)C. The van der Waals surface area contributed by atoms with E-state index in [0.717, 1.165) is 0 Å². The van der Waals surface area contributed by atoms with E-state index in [1.165, 1.54) is 13.8 Å². The van der Waals surface area contributed by atoms with Crippen molar-refractivity contribution in [3.8, 4) is 0 Å². The first-order valence-electron chi connectivity index (χ1n) is 13.7. The normalized spacial score (nSPS) is 38.8. The van der Waals surface area contributed by atoms with Crippen LogP contribution in [0.25, 0.3) is 0 Å². The van der Waals surface area contributed by atoms with Crippen molar-refractivity contribution in [2.75, 3.05) is 6.61 Å². The molecule has 1 aliphatic heterocycles. The molecule has 5 rings (SSSR count). The van der Waals surface area contributed by atoms with Crippen LogP contribution >= 0.6 is 0 Å². The van der Waals surface area contributed by atoms with Gasteiger partial charge in [0.2, 0.25) is 0 Å². The smallest absolute Gasteiger partial charge is 0.338 e. The molecule has 0 spiro atoms. The van der Waals surface area contributed by atoms with Crippen molar-refractivity contribution in [2.24, 2.45) is 16.7 Å². The topological polar surface area (TPSA) is 146 Å². The van der Waals surface area contributed by atoms with Gasteiger partial charge in [0, 0.05) is 25.7 Å². The molecule has 2 unspecified atom stereocenters. The lowest BCUT2D eigenvalue weighted by molar-refractivity contribution is -0.306. The van der Waals surface area contributed by atoms with Crippen LogP contribution in [0.3, 0.4) is 0 Å². The second-order valence-electron chi connectivity index (χ2n) is 12.3. The fourth-order valence-electron chi connectivity index (χ4n) is 7.46. The zero-order chi connectivity index (χ0) is 30.1. The van der Waals surface area contributed by atoms with Crippen molar-refractivity contribution >= 4 is 23.7 Å². The predicted molar refractivity (Wildman–Crippen MR) is 143 cm³/mol. The maximum absolute atomic E-state index is 14.7. The average molecular weight is 569 g/mol. The Morgan fingerprint density at radius 1 is 1.02 bits per heavy atom. The first kappa shape index (κ1) is 29.2. The molecule has 1 aromatic carbocycles. The summed E-state index contributed by atoms with van der Waals surface area (Å²) in [7, 11) is 0. The molecular weight excluding hydrogens is 532 g/mol. The largest absolute Gasteiger partial charge is 0.455 e. The van der Waals surface area contributed by atoms with Crippen LogP contribution in [0.2, 0.25) is 0 Å². The Labute approximate surface area is 238 Å². The van der Waals surface area contributed by atoms with E-state index in [9.17, 15) is 29.4 Å². The van der Waals surface area contributed by atoms with Crippen molar-refractivity contribution in [3.63, 3.8) is 0 Å². The molecule has 2 fully saturated rings. The Bertz CT molecular complexity index is 1360. The van der Waals surface area contributed by atoms with Crippen LogP contribution in [-0.2, 0) is 33.3 Å². The fourth-order valence-corrected chi connectivity index (χ4v) is 7.46. The van der Waals surface area contributed by atoms with E-state index in [2.05, 4.69) is 0 Å². The summed E-state index contributed by atoms with van der Waals surface area (Å²) in [5, 5.41) is 24.1. The van der Waals surface area contributed by atoms with Crippen LogP contribution in [0.5, 0.6) is 0 Å². The van der Waals surface area contributed by atoms with Gasteiger partial charge < -0.3 is 29.2 Å². The molecule has 0 amide bonds. The lowest BCUT2D eigenvalue weighted by Gasteiger charge is -2.65. The number of aliphatic hydroxyl groups excluding tert-OH is 1. The molecule has 8 atom stereocenters. The van der Waals surface area contributed by atoms with Gasteiger partial charge in [-0.2, -0.15) is 0 Å². The number of rotatable bonds is 4. The minimum absolute atomic E-state index is 0.131. The zero-order valence-corrected chi connectivity index (χ0v) is 24.0. The summed E-state index contributed by atoms with van der Waals surface area (Å²) in [6, 6.07) is 8.19. The van der Waals surface area contributed by atoms with Crippen LogP contribution in [0, 0.1) is 16.7 Å². The summed E-state index contributed by atoms with van der Waals surface area (Å²) in [5.41, 5.74) is -5.63. The van der Waals surface area contributed by atoms with Gasteiger partial charge in [0.05, 0.1) is 29.6 Å². The Morgan fingerprint density at radius 3 is 2.24 bits per heavy atom. The van der Waals surface area contributed by atoms with Crippen molar-refractivity contribution in [1.29, 1.82) is 0 Å². The lowest BCUT2D eigenvalue weighted by atomic mass is 9.46. The summed E-state index contributed by atoms with van der Waals surface area (Å²) in [6.45, 7) is 8.83. The van der Waals surface area contributed by atoms with E-state index in [1.54, 1.807) is 70.2 Å². The number of Topliss-reactive ketones (excluding diaryl/α,β-unsaturated/α-hetero) is 1. The van der Waals surface area contributed by atoms with Crippen molar-refractivity contribution < 1.29 is 48.3 Å². The fraction of sp³-hybridized carbons (Fsp3) is 0.548. The van der Waals surface area contributed by atoms with Crippen molar-refractivity contribution in [3.05, 3.63) is 59.2 Å². The maximum atomic E-state index is 14.7. The molecule has 4 aliphatic rings. The average Bonchev–Trinajstić information content (AvgIpc) is 2.88. The summed E-state index contributed by atoms with van der Waals surface area (Å²) in [6.07, 6.45) is -2.06. The monoisotopic (exact) mass is 568 g/mol. The molecule has 10 nitrogen and oxygen atoms in total. The highest BCUT2D eigenvalue weighted by molar-refractivity contribution is 5.96. The molecule has 2 N–H and O–H groups in total. The molecule has 1 aromatic rings. The number of aliphatic hydroxyl groups is 2. The third-order valence-corrected chi connectivity index (χ3v) is 9.61. The third-order valence-electron chi connectivity index (χ3n) is 9.61. The van der Waals surface area contributed by atoms with Gasteiger partial charge in [-0.25, -0.2) is 4.79 Å². The van der Waals surface area contributed by atoms with Crippen LogP contribution in [0.15, 0.2) is 53.6 Å². The van der Waals surface area contributed by atoms with Gasteiger partial charge in [-0.1, -0.05) is 44.2 Å². The van der Waals surface area contributed by atoms with Gasteiger partial charge in [0.1, 0.15) is 17.8 Å². The highest BCUT2D eigenvalue weighted by Gasteiger charge is 2.75. The molecule has 0 radical (unpaired) electrons. The number of carbonyl (C=O) groups is 4. The number of hydrogen-bond acceptors (Lipinski definition) is 10. The number of benzene rings is 1. The van der Waals surface area contributed by atoms with E-state index < -0.39 is 76.1 Å². The van der Waals surface area contributed by atoms with Gasteiger partial charge in [-0.3, -0.25) is 14.4 Å². The highest BCUT2D eigenvalue weighted by atomic mass is 16.6. The second-order valence-corrected chi connectivity index (χ2v) is 12.3. The third kappa shape index (κ3) is 4.10. The number of fused-ring (bicyclic) bond motifs is 5. The molecule has 2 bridgehead atoms. The number of allylic oxidation sites excluding steroid dienone is 1. The summed E-state index contributed by atoms with van der Waals surface area (Å²) in [5.74, 6) is -3.89. The van der Waals surface area contributed by atoms with Gasteiger partial charge in [0.15, 0.2) is 17.5 Å². The van der Waals surface area contributed by atoms with Gasteiger partial charge in [0.25, 0.3) is 0 Å². The van der Waals surface area contributed by atoms with Crippen molar-refractivity contribution in [1.82, 2.24) is 0 Å². The quantitative estimate of drug-likeness (QED) is 0.316. The van der Waals surface area contributed by atoms with Crippen LogP contribution in [0.1, 0.15) is 58.3 Å². The number of ether oxygens (including phenoxy) is 4. The van der Waals surface area contributed by atoms with E-state index in [-0.39, 0.29) is 24.2 Å². The molecule has 220 valence electrons. The summed E-state index contributed by atoms with van der Waals surface area (Å²) in [4.78, 5) is 53.2. The van der Waals surface area contributed by atoms with E-state index >= 15 is 0 Å². The maximum Gasteiger partial charge on any atom is 0.338 e. The summed E-state index contributed by atoms with van der Waals surface area (Å²) < 4.78 is 23.6. The standard InChI is InChI=1S/C31H36O10/c1-16-20(34)14-31(37)26(40-27(36)19-10-8-7-9-11-19)24-29(6,13-12-21-30(24,15-38-21)41-18(3)33)25(35)23(39-17(2)32)22(16)28(31,4)5/h7-13,20-21,23-24,26,34,37H,14-15H2,1-6H3/t20-,21+,23+,24?,26?,29+,30-,31+/m0/s1. The van der Waals surface area contributed by atoms with E-state index in [1.807, 2.05) is 0 Å². The minimum Gasteiger partial charge on any atom is -0.455 e. The molecule has 41 heavy (non-hydrogen) atoms. The first-order valence-corrected chi connectivity index (χ1v) is 13.7. The predicted octanol–water partition coefficient (Wildman–Crippen LogP) is 2.46. The molecule has 10 heteroatoms. The lowest BCUT2D eigenvalue weighted by Crippen LogP contribution is -2.78. The minimum atomic E-state index is -2.02. The number of ketones is 1. The first-order chi connectivity index (χ1) is 19.1. The van der Waals surface area contributed by atoms with E-state index in [0.29, 0.717) is 5.57 Å². The van der Waals surface area contributed by atoms with Gasteiger partial charge in [-0.15, -0.1) is 0 Å². The summed E-state index contributed by atoms with van der Waals surface area (Å²) >= 11 is 0. The van der Waals surface area contributed by atoms with E-state index in [4.69, 9.17) is 18.9 Å².